The molecule has 1 aromatic heterocycles. The van der Waals surface area contributed by atoms with Crippen LogP contribution in [-0.2, 0) is 20.0 Å². The Morgan fingerprint density at radius 1 is 1.50 bits per heavy atom. The minimum Gasteiger partial charge on any atom is -0.296 e. The van der Waals surface area contributed by atoms with E-state index in [4.69, 9.17) is 5.26 Å². The summed E-state index contributed by atoms with van der Waals surface area (Å²) in [5.41, 5.74) is 2.36. The van der Waals surface area contributed by atoms with Crippen LogP contribution in [0.1, 0.15) is 38.6 Å². The lowest BCUT2D eigenvalue weighted by Crippen LogP contribution is -2.29. The summed E-state index contributed by atoms with van der Waals surface area (Å²) in [6, 6.07) is 4.39. The van der Waals surface area contributed by atoms with Crippen LogP contribution in [0.25, 0.3) is 0 Å². The van der Waals surface area contributed by atoms with E-state index in [9.17, 15) is 0 Å². The molecular weight excluding hydrogens is 224 g/mol. The molecule has 0 radical (unpaired) electrons. The van der Waals surface area contributed by atoms with Crippen molar-refractivity contribution >= 4 is 0 Å². The van der Waals surface area contributed by atoms with Gasteiger partial charge < -0.3 is 0 Å². The van der Waals surface area contributed by atoms with E-state index in [1.54, 1.807) is 0 Å². The van der Waals surface area contributed by atoms with Crippen molar-refractivity contribution in [3.63, 3.8) is 0 Å². The van der Waals surface area contributed by atoms with Gasteiger partial charge in [-0.1, -0.05) is 20.8 Å². The summed E-state index contributed by atoms with van der Waals surface area (Å²) in [5.74, 6) is 0.613. The van der Waals surface area contributed by atoms with Crippen molar-refractivity contribution in [2.75, 3.05) is 13.1 Å². The average molecular weight is 248 g/mol. The van der Waals surface area contributed by atoms with Crippen LogP contribution in [0.4, 0.5) is 0 Å². The van der Waals surface area contributed by atoms with Crippen LogP contribution in [0.15, 0.2) is 6.07 Å². The van der Waals surface area contributed by atoms with E-state index in [1.807, 2.05) is 11.7 Å². The van der Waals surface area contributed by atoms with E-state index in [1.165, 1.54) is 5.69 Å². The fourth-order valence-electron chi connectivity index (χ4n) is 2.08. The first-order valence-corrected chi connectivity index (χ1v) is 6.67. The zero-order valence-corrected chi connectivity index (χ0v) is 12.0. The third-order valence-corrected chi connectivity index (χ3v) is 2.94. The first-order chi connectivity index (χ1) is 8.56. The van der Waals surface area contributed by atoms with E-state index in [0.29, 0.717) is 12.3 Å². The summed E-state index contributed by atoms with van der Waals surface area (Å²) in [6.45, 7) is 9.27. The highest BCUT2D eigenvalue weighted by molar-refractivity contribution is 5.10. The molecule has 100 valence electrons. The Kier molecular flexibility index (Phi) is 5.87. The molecule has 0 amide bonds. The summed E-state index contributed by atoms with van der Waals surface area (Å²) in [5, 5.41) is 13.2. The molecule has 0 saturated carbocycles. The van der Waals surface area contributed by atoms with Gasteiger partial charge in [-0.3, -0.25) is 9.58 Å². The smallest absolute Gasteiger partial charge is 0.0635 e. The summed E-state index contributed by atoms with van der Waals surface area (Å²) in [7, 11) is 1.99. The SMILES string of the molecule is CCc1cc(CN(CCC#N)CC(C)C)n(C)n1. The van der Waals surface area contributed by atoms with Gasteiger partial charge in [-0.25, -0.2) is 0 Å². The Morgan fingerprint density at radius 2 is 2.22 bits per heavy atom. The molecule has 0 aliphatic rings. The van der Waals surface area contributed by atoms with Crippen LogP contribution in [0.3, 0.4) is 0 Å². The Morgan fingerprint density at radius 3 is 2.72 bits per heavy atom. The average Bonchev–Trinajstić information content (AvgIpc) is 2.66. The van der Waals surface area contributed by atoms with Gasteiger partial charge in [-0.2, -0.15) is 10.4 Å². The van der Waals surface area contributed by atoms with Crippen molar-refractivity contribution in [2.24, 2.45) is 13.0 Å². The summed E-state index contributed by atoms with van der Waals surface area (Å²) in [6.07, 6.45) is 1.56. The van der Waals surface area contributed by atoms with Gasteiger partial charge in [0.1, 0.15) is 0 Å². The van der Waals surface area contributed by atoms with Gasteiger partial charge in [0, 0.05) is 33.1 Å². The van der Waals surface area contributed by atoms with Crippen molar-refractivity contribution in [2.45, 2.75) is 40.2 Å². The number of hydrogen-bond donors (Lipinski definition) is 0. The maximum atomic E-state index is 8.72. The standard InChI is InChI=1S/C14H24N4/c1-5-13-9-14(17(4)16-13)11-18(8-6-7-15)10-12(2)3/h9,12H,5-6,8,10-11H2,1-4H3. The molecule has 0 saturated heterocycles. The number of nitrogens with zero attached hydrogens (tertiary/aromatic N) is 4. The summed E-state index contributed by atoms with van der Waals surface area (Å²) < 4.78 is 1.96. The van der Waals surface area contributed by atoms with E-state index in [2.05, 4.69) is 42.9 Å². The molecule has 0 aromatic carbocycles. The lowest BCUT2D eigenvalue weighted by atomic mass is 10.2. The minimum absolute atomic E-state index is 0.588. The third-order valence-electron chi connectivity index (χ3n) is 2.94. The van der Waals surface area contributed by atoms with Crippen molar-refractivity contribution in [3.8, 4) is 6.07 Å². The highest BCUT2D eigenvalue weighted by atomic mass is 15.3. The van der Waals surface area contributed by atoms with Crippen LogP contribution in [0.5, 0.6) is 0 Å². The molecule has 0 fully saturated rings. The zero-order valence-electron chi connectivity index (χ0n) is 12.0. The van der Waals surface area contributed by atoms with Crippen molar-refractivity contribution < 1.29 is 0 Å². The van der Waals surface area contributed by atoms with E-state index < -0.39 is 0 Å². The molecule has 0 unspecified atom stereocenters. The van der Waals surface area contributed by atoms with Crippen LogP contribution >= 0.6 is 0 Å². The maximum Gasteiger partial charge on any atom is 0.0635 e. The van der Waals surface area contributed by atoms with E-state index in [-0.39, 0.29) is 0 Å². The molecule has 1 aromatic rings. The Balaban J connectivity index is 2.68. The second-order valence-corrected chi connectivity index (χ2v) is 5.14. The predicted octanol–water partition coefficient (Wildman–Crippen LogP) is 2.35. The zero-order chi connectivity index (χ0) is 13.5. The maximum absolute atomic E-state index is 8.72. The first kappa shape index (κ1) is 14.7. The lowest BCUT2D eigenvalue weighted by molar-refractivity contribution is 0.235. The quantitative estimate of drug-likeness (QED) is 0.744. The van der Waals surface area contributed by atoms with E-state index in [0.717, 1.165) is 31.7 Å². The van der Waals surface area contributed by atoms with Crippen molar-refractivity contribution in [1.29, 1.82) is 5.26 Å². The largest absolute Gasteiger partial charge is 0.296 e. The second kappa shape index (κ2) is 7.17. The molecule has 1 heterocycles. The molecule has 0 atom stereocenters. The number of aryl methyl sites for hydroxylation is 2. The molecule has 0 aliphatic carbocycles. The Labute approximate surface area is 110 Å². The van der Waals surface area contributed by atoms with Crippen molar-refractivity contribution in [3.05, 3.63) is 17.5 Å². The highest BCUT2D eigenvalue weighted by Crippen LogP contribution is 2.10. The summed E-state index contributed by atoms with van der Waals surface area (Å²) >= 11 is 0. The predicted molar refractivity (Wildman–Crippen MR) is 72.9 cm³/mol. The van der Waals surface area contributed by atoms with Gasteiger partial charge in [-0.15, -0.1) is 0 Å². The topological polar surface area (TPSA) is 44.9 Å². The molecule has 4 nitrogen and oxygen atoms in total. The van der Waals surface area contributed by atoms with Gasteiger partial charge in [0.2, 0.25) is 0 Å². The monoisotopic (exact) mass is 248 g/mol. The minimum atomic E-state index is 0.588. The fraction of sp³-hybridized carbons (Fsp3) is 0.714. The number of aromatic nitrogens is 2. The fourth-order valence-corrected chi connectivity index (χ4v) is 2.08. The van der Waals surface area contributed by atoms with E-state index >= 15 is 0 Å². The molecular formula is C14H24N4. The molecule has 4 heteroatoms. The van der Waals surface area contributed by atoms with Crippen LogP contribution in [0.2, 0.25) is 0 Å². The van der Waals surface area contributed by atoms with Crippen LogP contribution in [0, 0.1) is 17.2 Å². The molecule has 0 N–H and O–H groups in total. The molecule has 0 aliphatic heterocycles. The molecule has 0 spiro atoms. The number of hydrogen-bond acceptors (Lipinski definition) is 3. The normalized spacial score (nSPS) is 11.2. The van der Waals surface area contributed by atoms with Gasteiger partial charge >= 0.3 is 0 Å². The second-order valence-electron chi connectivity index (χ2n) is 5.14. The molecule has 18 heavy (non-hydrogen) atoms. The molecule has 1 rings (SSSR count). The Hall–Kier alpha value is -1.34. The number of rotatable bonds is 7. The third kappa shape index (κ3) is 4.50. The molecule has 0 bridgehead atoms. The number of nitriles is 1. The Bertz CT molecular complexity index is 400. The van der Waals surface area contributed by atoms with Crippen molar-refractivity contribution in [1.82, 2.24) is 14.7 Å². The summed E-state index contributed by atoms with van der Waals surface area (Å²) in [4.78, 5) is 2.34. The highest BCUT2D eigenvalue weighted by Gasteiger charge is 2.11. The van der Waals surface area contributed by atoms with Gasteiger partial charge in [0.15, 0.2) is 0 Å². The van der Waals surface area contributed by atoms with Gasteiger partial charge in [0.25, 0.3) is 0 Å². The van der Waals surface area contributed by atoms with Gasteiger partial charge in [0.05, 0.1) is 17.5 Å². The lowest BCUT2D eigenvalue weighted by Gasteiger charge is -2.23. The first-order valence-electron chi connectivity index (χ1n) is 6.67. The van der Waals surface area contributed by atoms with Gasteiger partial charge in [-0.05, 0) is 18.4 Å². The van der Waals surface area contributed by atoms with Crippen LogP contribution < -0.4 is 0 Å². The van der Waals surface area contributed by atoms with Crippen LogP contribution in [-0.4, -0.2) is 27.8 Å².